The van der Waals surface area contributed by atoms with Gasteiger partial charge in [-0.05, 0) is 44.7 Å². The first-order valence-electron chi connectivity index (χ1n) is 8.09. The zero-order valence-electron chi connectivity index (χ0n) is 11.8. The first kappa shape index (κ1) is 12.6. The lowest BCUT2D eigenvalue weighted by Gasteiger charge is -2.47. The summed E-state index contributed by atoms with van der Waals surface area (Å²) in [5, 5.41) is 3.94. The third kappa shape index (κ3) is 2.44. The van der Waals surface area contributed by atoms with Crippen LogP contribution in [0.4, 0.5) is 0 Å². The molecule has 5 fully saturated rings. The van der Waals surface area contributed by atoms with Gasteiger partial charge in [-0.25, -0.2) is 0 Å². The highest BCUT2D eigenvalue weighted by Crippen LogP contribution is 2.36. The SMILES string of the molecule is C1COC2(CCC(NC3CN4CCC3CC4)CC2)O1. The minimum absolute atomic E-state index is 0.201. The number of hydrogen-bond donors (Lipinski definition) is 1. The second kappa shape index (κ2) is 4.99. The number of ether oxygens (including phenoxy) is 2. The fraction of sp³-hybridized carbons (Fsp3) is 1.00. The zero-order valence-corrected chi connectivity index (χ0v) is 11.8. The Hall–Kier alpha value is -0.160. The maximum absolute atomic E-state index is 5.81. The predicted octanol–water partition coefficient (Wildman–Crippen LogP) is 1.36. The highest BCUT2D eigenvalue weighted by molar-refractivity contribution is 4.94. The Morgan fingerprint density at radius 3 is 2.21 bits per heavy atom. The number of hydrogen-bond acceptors (Lipinski definition) is 4. The third-order valence-corrected chi connectivity index (χ3v) is 5.67. The molecule has 1 N–H and O–H groups in total. The summed E-state index contributed by atoms with van der Waals surface area (Å²) < 4.78 is 11.6. The maximum Gasteiger partial charge on any atom is 0.168 e. The highest BCUT2D eigenvalue weighted by atomic mass is 16.7. The Kier molecular flexibility index (Phi) is 3.30. The molecular formula is C15H26N2O2. The molecule has 1 atom stereocenters. The standard InChI is InChI=1S/C15H26N2O2/c1-5-15(18-9-10-19-15)6-2-13(1)16-14-11-17-7-3-12(14)4-8-17/h12-14,16H,1-11H2. The van der Waals surface area contributed by atoms with Crippen molar-refractivity contribution < 1.29 is 9.47 Å². The van der Waals surface area contributed by atoms with Gasteiger partial charge in [-0.3, -0.25) is 0 Å². The van der Waals surface area contributed by atoms with Crippen LogP contribution in [-0.2, 0) is 9.47 Å². The van der Waals surface area contributed by atoms with E-state index in [9.17, 15) is 0 Å². The minimum Gasteiger partial charge on any atom is -0.348 e. The Bertz CT molecular complexity index is 312. The van der Waals surface area contributed by atoms with E-state index in [1.807, 2.05) is 0 Å². The predicted molar refractivity (Wildman–Crippen MR) is 73.0 cm³/mol. The molecule has 2 bridgehead atoms. The molecule has 108 valence electrons. The molecule has 1 spiro atoms. The molecule has 4 saturated heterocycles. The fourth-order valence-electron chi connectivity index (χ4n) is 4.47. The van der Waals surface area contributed by atoms with Crippen LogP contribution in [0.3, 0.4) is 0 Å². The molecule has 0 aromatic rings. The molecule has 1 unspecified atom stereocenters. The lowest BCUT2D eigenvalue weighted by atomic mass is 9.82. The Labute approximate surface area is 115 Å². The van der Waals surface area contributed by atoms with Crippen molar-refractivity contribution >= 4 is 0 Å². The topological polar surface area (TPSA) is 33.7 Å². The van der Waals surface area contributed by atoms with Crippen molar-refractivity contribution in [2.75, 3.05) is 32.8 Å². The summed E-state index contributed by atoms with van der Waals surface area (Å²) in [4.78, 5) is 2.63. The number of rotatable bonds is 2. The normalized spacial score (nSPS) is 42.0. The van der Waals surface area contributed by atoms with Crippen LogP contribution in [0.1, 0.15) is 38.5 Å². The summed E-state index contributed by atoms with van der Waals surface area (Å²) >= 11 is 0. The Balaban J connectivity index is 1.30. The lowest BCUT2D eigenvalue weighted by Crippen LogP contribution is -2.58. The molecule has 4 heterocycles. The van der Waals surface area contributed by atoms with Crippen LogP contribution >= 0.6 is 0 Å². The number of nitrogens with zero attached hydrogens (tertiary/aromatic N) is 1. The summed E-state index contributed by atoms with van der Waals surface area (Å²) in [6, 6.07) is 1.43. The van der Waals surface area contributed by atoms with Crippen molar-refractivity contribution in [3.63, 3.8) is 0 Å². The quantitative estimate of drug-likeness (QED) is 0.818. The minimum atomic E-state index is -0.201. The van der Waals surface area contributed by atoms with Crippen LogP contribution in [0, 0.1) is 5.92 Å². The fourth-order valence-corrected chi connectivity index (χ4v) is 4.47. The molecule has 5 aliphatic rings. The van der Waals surface area contributed by atoms with Gasteiger partial charge >= 0.3 is 0 Å². The van der Waals surface area contributed by atoms with Crippen molar-refractivity contribution in [2.45, 2.75) is 56.4 Å². The van der Waals surface area contributed by atoms with Crippen LogP contribution in [-0.4, -0.2) is 55.6 Å². The first-order valence-corrected chi connectivity index (χ1v) is 8.09. The van der Waals surface area contributed by atoms with Gasteiger partial charge in [0.05, 0.1) is 13.2 Å². The van der Waals surface area contributed by atoms with E-state index in [4.69, 9.17) is 9.47 Å². The van der Waals surface area contributed by atoms with Crippen LogP contribution in [0.15, 0.2) is 0 Å². The molecule has 0 radical (unpaired) electrons. The Morgan fingerprint density at radius 2 is 1.63 bits per heavy atom. The smallest absolute Gasteiger partial charge is 0.168 e. The van der Waals surface area contributed by atoms with E-state index in [2.05, 4.69) is 10.2 Å². The monoisotopic (exact) mass is 266 g/mol. The summed E-state index contributed by atoms with van der Waals surface area (Å²) in [7, 11) is 0. The second-order valence-electron chi connectivity index (χ2n) is 6.79. The van der Waals surface area contributed by atoms with E-state index < -0.39 is 0 Å². The molecule has 5 rings (SSSR count). The van der Waals surface area contributed by atoms with Crippen molar-refractivity contribution in [2.24, 2.45) is 5.92 Å². The van der Waals surface area contributed by atoms with E-state index in [0.717, 1.165) is 38.0 Å². The van der Waals surface area contributed by atoms with E-state index >= 15 is 0 Å². The van der Waals surface area contributed by atoms with Gasteiger partial charge in [-0.1, -0.05) is 0 Å². The van der Waals surface area contributed by atoms with E-state index in [1.165, 1.54) is 45.3 Å². The molecule has 1 saturated carbocycles. The van der Waals surface area contributed by atoms with E-state index in [-0.39, 0.29) is 5.79 Å². The van der Waals surface area contributed by atoms with Crippen LogP contribution < -0.4 is 5.32 Å². The van der Waals surface area contributed by atoms with Gasteiger partial charge in [0, 0.05) is 31.5 Å². The van der Waals surface area contributed by atoms with Crippen molar-refractivity contribution in [1.29, 1.82) is 0 Å². The average molecular weight is 266 g/mol. The summed E-state index contributed by atoms with van der Waals surface area (Å²) in [6.45, 7) is 5.52. The summed E-state index contributed by atoms with van der Waals surface area (Å²) in [5.41, 5.74) is 0. The van der Waals surface area contributed by atoms with Gasteiger partial charge in [-0.2, -0.15) is 0 Å². The lowest BCUT2D eigenvalue weighted by molar-refractivity contribution is -0.180. The van der Waals surface area contributed by atoms with Gasteiger partial charge in [0.15, 0.2) is 5.79 Å². The van der Waals surface area contributed by atoms with Gasteiger partial charge in [0.2, 0.25) is 0 Å². The van der Waals surface area contributed by atoms with Crippen LogP contribution in [0.25, 0.3) is 0 Å². The Morgan fingerprint density at radius 1 is 0.947 bits per heavy atom. The molecule has 4 nitrogen and oxygen atoms in total. The van der Waals surface area contributed by atoms with Gasteiger partial charge in [-0.15, -0.1) is 0 Å². The zero-order chi connectivity index (χ0) is 12.7. The molecule has 4 heteroatoms. The largest absolute Gasteiger partial charge is 0.348 e. The van der Waals surface area contributed by atoms with Crippen LogP contribution in [0.2, 0.25) is 0 Å². The maximum atomic E-state index is 5.81. The molecule has 0 aromatic heterocycles. The van der Waals surface area contributed by atoms with Gasteiger partial charge in [0.25, 0.3) is 0 Å². The first-order chi connectivity index (χ1) is 9.33. The van der Waals surface area contributed by atoms with Crippen molar-refractivity contribution in [3.8, 4) is 0 Å². The highest BCUT2D eigenvalue weighted by Gasteiger charge is 2.42. The summed E-state index contributed by atoms with van der Waals surface area (Å²) in [6.07, 6.45) is 7.38. The van der Waals surface area contributed by atoms with Gasteiger partial charge in [0.1, 0.15) is 0 Å². The van der Waals surface area contributed by atoms with Gasteiger partial charge < -0.3 is 19.7 Å². The molecule has 19 heavy (non-hydrogen) atoms. The van der Waals surface area contributed by atoms with Crippen molar-refractivity contribution in [3.05, 3.63) is 0 Å². The molecule has 0 amide bonds. The second-order valence-corrected chi connectivity index (χ2v) is 6.79. The van der Waals surface area contributed by atoms with Crippen molar-refractivity contribution in [1.82, 2.24) is 10.2 Å². The molecule has 4 aliphatic heterocycles. The molecular weight excluding hydrogens is 240 g/mol. The van der Waals surface area contributed by atoms with E-state index in [1.54, 1.807) is 0 Å². The molecule has 0 aromatic carbocycles. The average Bonchev–Trinajstić information content (AvgIpc) is 2.92. The molecule has 1 aliphatic carbocycles. The summed E-state index contributed by atoms with van der Waals surface area (Å²) in [5.74, 6) is 0.729. The number of nitrogens with one attached hydrogen (secondary N) is 1. The van der Waals surface area contributed by atoms with Crippen LogP contribution in [0.5, 0.6) is 0 Å². The number of fused-ring (bicyclic) bond motifs is 3. The third-order valence-electron chi connectivity index (χ3n) is 5.67. The number of piperidine rings is 3. The van der Waals surface area contributed by atoms with E-state index in [0.29, 0.717) is 6.04 Å².